The van der Waals surface area contributed by atoms with Crippen LogP contribution in [-0.2, 0) is 9.36 Å². The van der Waals surface area contributed by atoms with Crippen molar-refractivity contribution in [3.05, 3.63) is 0 Å². The molecule has 0 aliphatic carbocycles. The van der Waals surface area contributed by atoms with Gasteiger partial charge in [0.15, 0.2) is 0 Å². The van der Waals surface area contributed by atoms with Gasteiger partial charge >= 0.3 is 13.6 Å². The molecule has 16 heavy (non-hydrogen) atoms. The zero-order chi connectivity index (χ0) is 11.5. The molecule has 1 aliphatic rings. The van der Waals surface area contributed by atoms with E-state index < -0.39 is 19.6 Å². The van der Waals surface area contributed by atoms with Crippen LogP contribution in [0.4, 0.5) is 0 Å². The van der Waals surface area contributed by atoms with E-state index in [1.54, 1.807) is 0 Å². The Balaban J connectivity index is 0.00000225. The molecule has 1 aliphatic heterocycles. The highest BCUT2D eigenvalue weighted by Crippen LogP contribution is 2.37. The Morgan fingerprint density at radius 2 is 2.00 bits per heavy atom. The summed E-state index contributed by atoms with van der Waals surface area (Å²) in [6.45, 7) is 0.525. The number of carboxylic acid groups (broad SMARTS) is 1. The highest BCUT2D eigenvalue weighted by Gasteiger charge is 2.26. The standard InChI is InChI=1S/C8H16NO5P.ClH/c10-8(11)7-2-1-6(5-9-7)3-4-15(12,13)14;/h6-7,9H,1-5H2,(H,10,11)(H2,12,13,14);1H. The van der Waals surface area contributed by atoms with Crippen LogP contribution in [0.1, 0.15) is 19.3 Å². The molecule has 2 atom stereocenters. The second-order valence-electron chi connectivity index (χ2n) is 3.92. The van der Waals surface area contributed by atoms with Gasteiger partial charge in [0.25, 0.3) is 0 Å². The van der Waals surface area contributed by atoms with Crippen LogP contribution >= 0.6 is 20.0 Å². The van der Waals surface area contributed by atoms with Crippen molar-refractivity contribution in [3.8, 4) is 0 Å². The van der Waals surface area contributed by atoms with Gasteiger partial charge in [0.1, 0.15) is 6.04 Å². The average molecular weight is 274 g/mol. The van der Waals surface area contributed by atoms with Gasteiger partial charge in [-0.15, -0.1) is 12.4 Å². The molecule has 0 aromatic heterocycles. The molecule has 1 fully saturated rings. The predicted molar refractivity (Wildman–Crippen MR) is 60.9 cm³/mol. The van der Waals surface area contributed by atoms with Crippen LogP contribution in [0.25, 0.3) is 0 Å². The van der Waals surface area contributed by atoms with Crippen LogP contribution in [0.2, 0.25) is 0 Å². The number of aliphatic carboxylic acids is 1. The Bertz CT molecular complexity index is 274. The summed E-state index contributed by atoms with van der Waals surface area (Å²) in [5.41, 5.74) is 0. The molecule has 0 aromatic rings. The minimum Gasteiger partial charge on any atom is -0.480 e. The lowest BCUT2D eigenvalue weighted by Crippen LogP contribution is -2.44. The maximum absolute atomic E-state index is 10.6. The molecule has 8 heteroatoms. The number of hydrogen-bond acceptors (Lipinski definition) is 3. The van der Waals surface area contributed by atoms with Gasteiger partial charge < -0.3 is 20.2 Å². The molecule has 0 aromatic carbocycles. The highest BCUT2D eigenvalue weighted by molar-refractivity contribution is 7.51. The van der Waals surface area contributed by atoms with Crippen LogP contribution < -0.4 is 5.32 Å². The first kappa shape index (κ1) is 15.9. The molecule has 6 nitrogen and oxygen atoms in total. The van der Waals surface area contributed by atoms with Gasteiger partial charge in [-0.3, -0.25) is 9.36 Å². The van der Waals surface area contributed by atoms with Crippen molar-refractivity contribution in [2.24, 2.45) is 5.92 Å². The normalized spacial score (nSPS) is 25.9. The number of rotatable bonds is 4. The van der Waals surface area contributed by atoms with Gasteiger partial charge in [-0.25, -0.2) is 0 Å². The number of carboxylic acids is 1. The SMILES string of the molecule is Cl.O=C(O)C1CCC(CCP(=O)(O)O)CN1. The van der Waals surface area contributed by atoms with Crippen molar-refractivity contribution in [3.63, 3.8) is 0 Å². The largest absolute Gasteiger partial charge is 0.480 e. The fourth-order valence-electron chi connectivity index (χ4n) is 1.72. The summed E-state index contributed by atoms with van der Waals surface area (Å²) < 4.78 is 10.6. The molecule has 1 rings (SSSR count). The van der Waals surface area contributed by atoms with Crippen LogP contribution in [0.15, 0.2) is 0 Å². The zero-order valence-electron chi connectivity index (χ0n) is 8.70. The fraction of sp³-hybridized carbons (Fsp3) is 0.875. The lowest BCUT2D eigenvalue weighted by Gasteiger charge is -2.27. The molecule has 1 heterocycles. The van der Waals surface area contributed by atoms with E-state index in [4.69, 9.17) is 14.9 Å². The van der Waals surface area contributed by atoms with Crippen LogP contribution in [-0.4, -0.2) is 39.6 Å². The monoisotopic (exact) mass is 273 g/mol. The van der Waals surface area contributed by atoms with E-state index in [9.17, 15) is 9.36 Å². The van der Waals surface area contributed by atoms with E-state index in [0.29, 0.717) is 25.8 Å². The van der Waals surface area contributed by atoms with Crippen molar-refractivity contribution in [1.29, 1.82) is 0 Å². The van der Waals surface area contributed by atoms with E-state index >= 15 is 0 Å². The summed E-state index contributed by atoms with van der Waals surface area (Å²) in [4.78, 5) is 28.0. The van der Waals surface area contributed by atoms with Crippen molar-refractivity contribution < 1.29 is 24.3 Å². The number of nitrogens with one attached hydrogen (secondary N) is 1. The third kappa shape index (κ3) is 5.82. The van der Waals surface area contributed by atoms with Crippen molar-refractivity contribution in [2.75, 3.05) is 12.7 Å². The van der Waals surface area contributed by atoms with Crippen molar-refractivity contribution in [2.45, 2.75) is 25.3 Å². The maximum Gasteiger partial charge on any atom is 0.325 e. The lowest BCUT2D eigenvalue weighted by atomic mass is 9.93. The minimum atomic E-state index is -3.91. The Morgan fingerprint density at radius 3 is 2.38 bits per heavy atom. The second-order valence-corrected chi connectivity index (χ2v) is 5.70. The van der Waals surface area contributed by atoms with Gasteiger partial charge in [0.2, 0.25) is 0 Å². The van der Waals surface area contributed by atoms with E-state index in [1.165, 1.54) is 0 Å². The third-order valence-corrected chi connectivity index (χ3v) is 3.48. The van der Waals surface area contributed by atoms with E-state index in [2.05, 4.69) is 5.32 Å². The molecule has 96 valence electrons. The first-order chi connectivity index (χ1) is 6.88. The van der Waals surface area contributed by atoms with Crippen molar-refractivity contribution in [1.82, 2.24) is 5.32 Å². The second kappa shape index (κ2) is 6.57. The van der Waals surface area contributed by atoms with Crippen LogP contribution in [0.5, 0.6) is 0 Å². The first-order valence-corrected chi connectivity index (χ1v) is 6.69. The Kier molecular flexibility index (Phi) is 6.51. The molecule has 0 radical (unpaired) electrons. The topological polar surface area (TPSA) is 107 Å². The highest BCUT2D eigenvalue weighted by atomic mass is 35.5. The first-order valence-electron chi connectivity index (χ1n) is 4.89. The van der Waals surface area contributed by atoms with Crippen LogP contribution in [0, 0.1) is 5.92 Å². The van der Waals surface area contributed by atoms with Crippen LogP contribution in [0.3, 0.4) is 0 Å². The summed E-state index contributed by atoms with van der Waals surface area (Å²) in [7, 11) is -3.91. The van der Waals surface area contributed by atoms with Crippen molar-refractivity contribution >= 4 is 26.0 Å². The predicted octanol–water partition coefficient (Wildman–Crippen LogP) is 0.429. The zero-order valence-corrected chi connectivity index (χ0v) is 10.4. The molecular formula is C8H17ClNO5P. The quantitative estimate of drug-likeness (QED) is 0.553. The Morgan fingerprint density at radius 1 is 1.38 bits per heavy atom. The lowest BCUT2D eigenvalue weighted by molar-refractivity contribution is -0.140. The number of carbonyl (C=O) groups is 1. The molecular weight excluding hydrogens is 257 g/mol. The number of piperidine rings is 1. The summed E-state index contributed by atoms with van der Waals surface area (Å²) in [5.74, 6) is -0.684. The van der Waals surface area contributed by atoms with Gasteiger partial charge in [-0.2, -0.15) is 0 Å². The van der Waals surface area contributed by atoms with Gasteiger partial charge in [0, 0.05) is 0 Å². The van der Waals surface area contributed by atoms with E-state index in [0.717, 1.165) is 0 Å². The summed E-state index contributed by atoms with van der Waals surface area (Å²) in [6.07, 6.45) is 1.58. The molecule has 4 N–H and O–H groups in total. The minimum absolute atomic E-state index is 0. The summed E-state index contributed by atoms with van der Waals surface area (Å²) in [6, 6.07) is -0.503. The number of hydrogen-bond donors (Lipinski definition) is 4. The molecule has 0 saturated carbocycles. The average Bonchev–Trinajstić information content (AvgIpc) is 2.14. The Labute approximate surface area is 100.0 Å². The van der Waals surface area contributed by atoms with Gasteiger partial charge in [-0.05, 0) is 31.7 Å². The van der Waals surface area contributed by atoms with Gasteiger partial charge in [-0.1, -0.05) is 0 Å². The molecule has 0 bridgehead atoms. The smallest absolute Gasteiger partial charge is 0.325 e. The van der Waals surface area contributed by atoms with E-state index in [1.807, 2.05) is 0 Å². The van der Waals surface area contributed by atoms with Gasteiger partial charge in [0.05, 0.1) is 6.16 Å². The molecule has 0 amide bonds. The molecule has 1 saturated heterocycles. The fourth-order valence-corrected chi connectivity index (χ4v) is 2.42. The molecule has 2 unspecified atom stereocenters. The number of halogens is 1. The summed E-state index contributed by atoms with van der Waals surface area (Å²) in [5, 5.41) is 11.5. The molecule has 0 spiro atoms. The Hall–Kier alpha value is -0.130. The third-order valence-electron chi connectivity index (χ3n) is 2.64. The summed E-state index contributed by atoms with van der Waals surface area (Å²) >= 11 is 0. The maximum atomic E-state index is 10.6. The van der Waals surface area contributed by atoms with E-state index in [-0.39, 0.29) is 24.5 Å².